The molecular weight excluding hydrogens is 249 g/mol. The molecule has 3 nitrogen and oxygen atoms in total. The maximum atomic E-state index is 12.4. The molecule has 88 valence electrons. The van der Waals surface area contributed by atoms with Crippen LogP contribution in [0.5, 0.6) is 5.75 Å². The van der Waals surface area contributed by atoms with Crippen LogP contribution in [0, 0.1) is 0 Å². The van der Waals surface area contributed by atoms with Crippen molar-refractivity contribution < 1.29 is 27.8 Å². The largest absolute Gasteiger partial charge is 0.508 e. The smallest absolute Gasteiger partial charge is 0.418 e. The Balaban J connectivity index is 3.44. The molecule has 0 atom stereocenters. The number of phenolic OH excluding ortho intramolecular Hbond substituents is 1. The molecule has 16 heavy (non-hydrogen) atoms. The average molecular weight is 255 g/mol. The SMILES string of the molecule is COC(=O)c1cc(O)cc(C(F)(F)F)c1Cl. The van der Waals surface area contributed by atoms with E-state index in [1.807, 2.05) is 0 Å². The van der Waals surface area contributed by atoms with E-state index in [9.17, 15) is 18.0 Å². The first-order valence-corrected chi connectivity index (χ1v) is 4.33. The Kier molecular flexibility index (Phi) is 3.32. The minimum Gasteiger partial charge on any atom is -0.508 e. The molecule has 7 heteroatoms. The molecule has 1 rings (SSSR count). The third-order valence-corrected chi connectivity index (χ3v) is 2.18. The van der Waals surface area contributed by atoms with Crippen LogP contribution in [-0.4, -0.2) is 18.2 Å². The number of alkyl halides is 3. The second-order valence-electron chi connectivity index (χ2n) is 2.84. The number of halogens is 4. The van der Waals surface area contributed by atoms with Crippen LogP contribution in [0.15, 0.2) is 12.1 Å². The van der Waals surface area contributed by atoms with Crippen LogP contribution in [-0.2, 0) is 10.9 Å². The van der Waals surface area contributed by atoms with Crippen molar-refractivity contribution in [2.75, 3.05) is 7.11 Å². The van der Waals surface area contributed by atoms with E-state index in [2.05, 4.69) is 4.74 Å². The van der Waals surface area contributed by atoms with Crippen molar-refractivity contribution in [3.63, 3.8) is 0 Å². The van der Waals surface area contributed by atoms with Gasteiger partial charge in [-0.1, -0.05) is 11.6 Å². The Labute approximate surface area is 93.4 Å². The second kappa shape index (κ2) is 4.21. The lowest BCUT2D eigenvalue weighted by Gasteiger charge is -2.11. The van der Waals surface area contributed by atoms with Gasteiger partial charge < -0.3 is 9.84 Å². The molecular formula is C9H6ClF3O3. The highest BCUT2D eigenvalue weighted by atomic mass is 35.5. The molecule has 0 radical (unpaired) electrons. The van der Waals surface area contributed by atoms with Crippen LogP contribution in [0.4, 0.5) is 13.2 Å². The van der Waals surface area contributed by atoms with Crippen molar-refractivity contribution in [1.29, 1.82) is 0 Å². The standard InChI is InChI=1S/C9H6ClF3O3/c1-16-8(15)5-2-4(14)3-6(7(5)10)9(11,12)13/h2-3,14H,1H3. The van der Waals surface area contributed by atoms with Gasteiger partial charge in [-0.3, -0.25) is 0 Å². The first-order chi connectivity index (χ1) is 7.27. The molecule has 0 saturated heterocycles. The van der Waals surface area contributed by atoms with Crippen LogP contribution in [0.2, 0.25) is 5.02 Å². The van der Waals surface area contributed by atoms with E-state index < -0.39 is 34.0 Å². The van der Waals surface area contributed by atoms with Gasteiger partial charge in [0, 0.05) is 0 Å². The third kappa shape index (κ3) is 2.38. The van der Waals surface area contributed by atoms with Crippen molar-refractivity contribution in [1.82, 2.24) is 0 Å². The highest BCUT2D eigenvalue weighted by Gasteiger charge is 2.35. The molecule has 0 aliphatic carbocycles. The number of esters is 1. The van der Waals surface area contributed by atoms with Crippen LogP contribution in [0.1, 0.15) is 15.9 Å². The maximum Gasteiger partial charge on any atom is 0.418 e. The van der Waals surface area contributed by atoms with Gasteiger partial charge in [0.2, 0.25) is 0 Å². The second-order valence-corrected chi connectivity index (χ2v) is 3.22. The Morgan fingerprint density at radius 3 is 2.44 bits per heavy atom. The molecule has 0 heterocycles. The average Bonchev–Trinajstić information content (AvgIpc) is 2.18. The van der Waals surface area contributed by atoms with Gasteiger partial charge in [0.25, 0.3) is 0 Å². The fourth-order valence-corrected chi connectivity index (χ4v) is 1.37. The molecule has 0 bridgehead atoms. The van der Waals surface area contributed by atoms with E-state index >= 15 is 0 Å². The van der Waals surface area contributed by atoms with Crippen LogP contribution in [0.3, 0.4) is 0 Å². The quantitative estimate of drug-likeness (QED) is 0.784. The number of methoxy groups -OCH3 is 1. The Morgan fingerprint density at radius 2 is 2.00 bits per heavy atom. The lowest BCUT2D eigenvalue weighted by molar-refractivity contribution is -0.137. The van der Waals surface area contributed by atoms with Gasteiger partial charge in [-0.25, -0.2) is 4.79 Å². The molecule has 0 aliphatic rings. The van der Waals surface area contributed by atoms with E-state index in [1.165, 1.54) is 0 Å². The normalized spacial score (nSPS) is 11.3. The first-order valence-electron chi connectivity index (χ1n) is 3.95. The van der Waals surface area contributed by atoms with Crippen LogP contribution in [0.25, 0.3) is 0 Å². The first kappa shape index (κ1) is 12.6. The molecule has 1 aromatic carbocycles. The number of ether oxygens (including phenoxy) is 1. The Morgan fingerprint density at radius 1 is 1.44 bits per heavy atom. The number of rotatable bonds is 1. The number of phenols is 1. The summed E-state index contributed by atoms with van der Waals surface area (Å²) in [5.41, 5.74) is -1.81. The number of hydrogen-bond donors (Lipinski definition) is 1. The summed E-state index contributed by atoms with van der Waals surface area (Å²) in [5, 5.41) is 8.27. The van der Waals surface area contributed by atoms with Gasteiger partial charge in [0.05, 0.1) is 23.3 Å². The number of hydrogen-bond acceptors (Lipinski definition) is 3. The number of carbonyl (C=O) groups excluding carboxylic acids is 1. The van der Waals surface area contributed by atoms with Crippen molar-refractivity contribution in [2.45, 2.75) is 6.18 Å². The van der Waals surface area contributed by atoms with Gasteiger partial charge >= 0.3 is 12.1 Å². The highest BCUT2D eigenvalue weighted by molar-refractivity contribution is 6.34. The van der Waals surface area contributed by atoms with E-state index in [4.69, 9.17) is 16.7 Å². The molecule has 1 aromatic rings. The van der Waals surface area contributed by atoms with Crippen molar-refractivity contribution in [2.24, 2.45) is 0 Å². The lowest BCUT2D eigenvalue weighted by atomic mass is 10.1. The molecule has 0 saturated carbocycles. The zero-order valence-electron chi connectivity index (χ0n) is 7.93. The van der Waals surface area contributed by atoms with Crippen LogP contribution < -0.4 is 0 Å². The lowest BCUT2D eigenvalue weighted by Crippen LogP contribution is -2.10. The van der Waals surface area contributed by atoms with Gasteiger partial charge in [-0.15, -0.1) is 0 Å². The monoisotopic (exact) mass is 254 g/mol. The summed E-state index contributed by atoms with van der Waals surface area (Å²) < 4.78 is 41.5. The maximum absolute atomic E-state index is 12.4. The molecule has 0 fully saturated rings. The summed E-state index contributed by atoms with van der Waals surface area (Å²) in [5.74, 6) is -1.76. The Bertz CT molecular complexity index is 429. The van der Waals surface area contributed by atoms with E-state index in [-0.39, 0.29) is 0 Å². The van der Waals surface area contributed by atoms with Gasteiger partial charge in [0.1, 0.15) is 5.75 Å². The van der Waals surface area contributed by atoms with Gasteiger partial charge in [-0.05, 0) is 12.1 Å². The number of aromatic hydroxyl groups is 1. The van der Waals surface area contributed by atoms with Gasteiger partial charge in [-0.2, -0.15) is 13.2 Å². The molecule has 0 spiro atoms. The molecule has 0 amide bonds. The highest BCUT2D eigenvalue weighted by Crippen LogP contribution is 2.38. The summed E-state index contributed by atoms with van der Waals surface area (Å²) in [4.78, 5) is 11.1. The summed E-state index contributed by atoms with van der Waals surface area (Å²) in [6.07, 6.45) is -4.75. The molecule has 0 aromatic heterocycles. The predicted octanol–water partition coefficient (Wildman–Crippen LogP) is 2.85. The van der Waals surface area contributed by atoms with Crippen molar-refractivity contribution in [3.05, 3.63) is 28.3 Å². The molecule has 0 unspecified atom stereocenters. The van der Waals surface area contributed by atoms with E-state index in [0.717, 1.165) is 13.2 Å². The summed E-state index contributed by atoms with van der Waals surface area (Å²) in [6, 6.07) is 1.25. The molecule has 1 N–H and O–H groups in total. The predicted molar refractivity (Wildman–Crippen MR) is 49.5 cm³/mol. The zero-order chi connectivity index (χ0) is 12.5. The van der Waals surface area contributed by atoms with E-state index in [0.29, 0.717) is 6.07 Å². The Hall–Kier alpha value is -1.43. The fourth-order valence-electron chi connectivity index (χ4n) is 1.07. The topological polar surface area (TPSA) is 46.5 Å². The van der Waals surface area contributed by atoms with E-state index in [1.54, 1.807) is 0 Å². The third-order valence-electron chi connectivity index (χ3n) is 1.77. The minimum absolute atomic E-state index is 0.439. The van der Waals surface area contributed by atoms with Crippen molar-refractivity contribution >= 4 is 17.6 Å². The number of benzene rings is 1. The zero-order valence-corrected chi connectivity index (χ0v) is 8.69. The fraction of sp³-hybridized carbons (Fsp3) is 0.222. The minimum atomic E-state index is -4.75. The summed E-state index contributed by atoms with van der Waals surface area (Å²) in [6.45, 7) is 0. The summed E-state index contributed by atoms with van der Waals surface area (Å²) in [7, 11) is 0.996. The van der Waals surface area contributed by atoms with Crippen LogP contribution >= 0.6 is 11.6 Å². The summed E-state index contributed by atoms with van der Waals surface area (Å²) >= 11 is 5.41. The molecule has 0 aliphatic heterocycles. The number of carbonyl (C=O) groups is 1. The van der Waals surface area contributed by atoms with Crippen molar-refractivity contribution in [3.8, 4) is 5.75 Å². The van der Waals surface area contributed by atoms with Gasteiger partial charge in [0.15, 0.2) is 0 Å².